The van der Waals surface area contributed by atoms with Crippen LogP contribution in [0, 0.1) is 5.92 Å². The predicted octanol–water partition coefficient (Wildman–Crippen LogP) is 6.69. The van der Waals surface area contributed by atoms with Crippen LogP contribution >= 0.6 is 0 Å². The van der Waals surface area contributed by atoms with E-state index in [4.69, 9.17) is 5.73 Å². The van der Waals surface area contributed by atoms with Crippen molar-refractivity contribution >= 4 is 5.97 Å². The molecule has 0 aliphatic rings. The summed E-state index contributed by atoms with van der Waals surface area (Å²) < 4.78 is 0. The van der Waals surface area contributed by atoms with Crippen molar-refractivity contribution in [1.29, 1.82) is 0 Å². The molecule has 0 bridgehead atoms. The quantitative estimate of drug-likeness (QED) is 0.269. The Kier molecular flexibility index (Phi) is 15.3. The van der Waals surface area contributed by atoms with Crippen LogP contribution in [0.2, 0.25) is 0 Å². The zero-order chi connectivity index (χ0) is 19.0. The molecule has 0 amide bonds. The van der Waals surface area contributed by atoms with Crippen LogP contribution in [0.4, 0.5) is 0 Å². The Morgan fingerprint density at radius 3 is 1.64 bits per heavy atom. The van der Waals surface area contributed by atoms with E-state index < -0.39 is 11.5 Å². The maximum absolute atomic E-state index is 11.7. The molecule has 0 saturated heterocycles. The first-order valence-corrected chi connectivity index (χ1v) is 11.0. The Bertz CT molecular complexity index is 319. The van der Waals surface area contributed by atoms with Gasteiger partial charge < -0.3 is 10.8 Å². The zero-order valence-electron chi connectivity index (χ0n) is 17.3. The molecule has 2 unspecified atom stereocenters. The van der Waals surface area contributed by atoms with Gasteiger partial charge in [-0.2, -0.15) is 0 Å². The highest BCUT2D eigenvalue weighted by molar-refractivity contribution is 5.78. The minimum absolute atomic E-state index is 0.0559. The number of rotatable bonds is 18. The fourth-order valence-corrected chi connectivity index (χ4v) is 3.60. The molecule has 0 aliphatic carbocycles. The summed E-state index contributed by atoms with van der Waals surface area (Å²) in [5.41, 5.74) is 5.27. The summed E-state index contributed by atoms with van der Waals surface area (Å²) in [4.78, 5) is 11.7. The minimum Gasteiger partial charge on any atom is -0.480 e. The molecule has 2 atom stereocenters. The van der Waals surface area contributed by atoms with Crippen molar-refractivity contribution in [3.63, 3.8) is 0 Å². The van der Waals surface area contributed by atoms with Gasteiger partial charge >= 0.3 is 5.97 Å². The van der Waals surface area contributed by atoms with Crippen LogP contribution in [-0.4, -0.2) is 16.6 Å². The van der Waals surface area contributed by atoms with Gasteiger partial charge in [-0.1, -0.05) is 111 Å². The molecular formula is C22H45NO2. The normalized spacial score (nSPS) is 15.0. The summed E-state index contributed by atoms with van der Waals surface area (Å²) in [5, 5.41) is 9.62. The first-order chi connectivity index (χ1) is 12.0. The highest BCUT2D eigenvalue weighted by atomic mass is 16.4. The van der Waals surface area contributed by atoms with Gasteiger partial charge in [0.05, 0.1) is 0 Å². The van der Waals surface area contributed by atoms with Gasteiger partial charge in [-0.05, 0) is 18.8 Å². The molecule has 0 radical (unpaired) electrons. The van der Waals surface area contributed by atoms with Crippen LogP contribution in [0.15, 0.2) is 0 Å². The largest absolute Gasteiger partial charge is 0.480 e. The lowest BCUT2D eigenvalue weighted by Crippen LogP contribution is -2.53. The summed E-state index contributed by atoms with van der Waals surface area (Å²) in [7, 11) is 0. The van der Waals surface area contributed by atoms with Crippen molar-refractivity contribution in [1.82, 2.24) is 0 Å². The second kappa shape index (κ2) is 15.7. The standard InChI is InChI=1S/C22H45NO2/c1-4-6-8-10-11-12-13-14-15-17-19-22(23,21(24)25)20(3)18-16-9-7-5-2/h20H,4-19,23H2,1-3H3,(H,24,25). The van der Waals surface area contributed by atoms with Gasteiger partial charge in [-0.25, -0.2) is 0 Å². The molecule has 0 fully saturated rings. The Morgan fingerprint density at radius 1 is 0.800 bits per heavy atom. The van der Waals surface area contributed by atoms with Gasteiger partial charge in [0.1, 0.15) is 5.54 Å². The summed E-state index contributed by atoms with van der Waals surface area (Å²) in [6.45, 7) is 6.47. The molecule has 0 aromatic carbocycles. The number of nitrogens with two attached hydrogens (primary N) is 1. The molecule has 0 rings (SSSR count). The zero-order valence-corrected chi connectivity index (χ0v) is 17.3. The van der Waals surface area contributed by atoms with Gasteiger partial charge in [-0.3, -0.25) is 4.79 Å². The van der Waals surface area contributed by atoms with E-state index in [1.807, 2.05) is 6.92 Å². The molecule has 0 aliphatic heterocycles. The SMILES string of the molecule is CCCCCCCCCCCCC(N)(C(=O)O)C(C)CCCCCC. The first kappa shape index (κ1) is 24.4. The number of carboxylic acid groups (broad SMARTS) is 1. The van der Waals surface area contributed by atoms with Gasteiger partial charge in [0.2, 0.25) is 0 Å². The van der Waals surface area contributed by atoms with E-state index in [1.165, 1.54) is 70.6 Å². The molecule has 25 heavy (non-hydrogen) atoms. The second-order valence-electron chi connectivity index (χ2n) is 8.03. The summed E-state index contributed by atoms with van der Waals surface area (Å²) in [6.07, 6.45) is 18.9. The third-order valence-electron chi connectivity index (χ3n) is 5.71. The van der Waals surface area contributed by atoms with E-state index in [0.717, 1.165) is 25.7 Å². The Balaban J connectivity index is 3.89. The van der Waals surface area contributed by atoms with Crippen molar-refractivity contribution in [2.45, 2.75) is 129 Å². The molecule has 3 heteroatoms. The highest BCUT2D eigenvalue weighted by Crippen LogP contribution is 2.27. The number of aliphatic carboxylic acids is 1. The Morgan fingerprint density at radius 2 is 1.20 bits per heavy atom. The van der Waals surface area contributed by atoms with Crippen molar-refractivity contribution in [2.24, 2.45) is 11.7 Å². The smallest absolute Gasteiger partial charge is 0.323 e. The molecule has 150 valence electrons. The lowest BCUT2D eigenvalue weighted by Gasteiger charge is -2.31. The molecule has 3 nitrogen and oxygen atoms in total. The second-order valence-corrected chi connectivity index (χ2v) is 8.03. The maximum atomic E-state index is 11.7. The van der Waals surface area contributed by atoms with Crippen molar-refractivity contribution < 1.29 is 9.90 Å². The van der Waals surface area contributed by atoms with Crippen molar-refractivity contribution in [3.8, 4) is 0 Å². The lowest BCUT2D eigenvalue weighted by atomic mass is 9.78. The van der Waals surface area contributed by atoms with E-state index >= 15 is 0 Å². The Hall–Kier alpha value is -0.570. The molecular weight excluding hydrogens is 310 g/mol. The number of carboxylic acids is 1. The van der Waals surface area contributed by atoms with E-state index in [1.54, 1.807) is 0 Å². The maximum Gasteiger partial charge on any atom is 0.323 e. The summed E-state index contributed by atoms with van der Waals surface area (Å²) in [6, 6.07) is 0. The van der Waals surface area contributed by atoms with Gasteiger partial charge in [0.15, 0.2) is 0 Å². The van der Waals surface area contributed by atoms with Crippen LogP contribution in [0.1, 0.15) is 124 Å². The van der Waals surface area contributed by atoms with E-state index in [9.17, 15) is 9.90 Å². The van der Waals surface area contributed by atoms with Crippen molar-refractivity contribution in [3.05, 3.63) is 0 Å². The van der Waals surface area contributed by atoms with Crippen LogP contribution in [0.25, 0.3) is 0 Å². The number of hydrogen-bond donors (Lipinski definition) is 2. The van der Waals surface area contributed by atoms with Crippen LogP contribution in [0.5, 0.6) is 0 Å². The predicted molar refractivity (Wildman–Crippen MR) is 109 cm³/mol. The van der Waals surface area contributed by atoms with E-state index in [2.05, 4.69) is 13.8 Å². The third kappa shape index (κ3) is 11.6. The van der Waals surface area contributed by atoms with Gasteiger partial charge in [0.25, 0.3) is 0 Å². The fourth-order valence-electron chi connectivity index (χ4n) is 3.60. The van der Waals surface area contributed by atoms with E-state index in [-0.39, 0.29) is 5.92 Å². The summed E-state index contributed by atoms with van der Waals surface area (Å²) in [5.74, 6) is -0.758. The van der Waals surface area contributed by atoms with E-state index in [0.29, 0.717) is 6.42 Å². The van der Waals surface area contributed by atoms with Crippen LogP contribution in [0.3, 0.4) is 0 Å². The Labute approximate surface area is 157 Å². The monoisotopic (exact) mass is 355 g/mol. The molecule has 0 saturated carbocycles. The van der Waals surface area contributed by atoms with Crippen LogP contribution < -0.4 is 5.73 Å². The summed E-state index contributed by atoms with van der Waals surface area (Å²) >= 11 is 0. The molecule has 0 spiro atoms. The first-order valence-electron chi connectivity index (χ1n) is 11.0. The van der Waals surface area contributed by atoms with Crippen molar-refractivity contribution in [2.75, 3.05) is 0 Å². The third-order valence-corrected chi connectivity index (χ3v) is 5.71. The number of unbranched alkanes of at least 4 members (excludes halogenated alkanes) is 12. The fraction of sp³-hybridized carbons (Fsp3) is 0.955. The average molecular weight is 356 g/mol. The average Bonchev–Trinajstić information content (AvgIpc) is 2.59. The lowest BCUT2D eigenvalue weighted by molar-refractivity contribution is -0.146. The van der Waals surface area contributed by atoms with Gasteiger partial charge in [0, 0.05) is 0 Å². The minimum atomic E-state index is -1.04. The molecule has 0 heterocycles. The molecule has 0 aromatic rings. The van der Waals surface area contributed by atoms with Crippen LogP contribution in [-0.2, 0) is 4.79 Å². The number of hydrogen-bond acceptors (Lipinski definition) is 2. The highest BCUT2D eigenvalue weighted by Gasteiger charge is 2.38. The topological polar surface area (TPSA) is 63.3 Å². The molecule has 0 aromatic heterocycles. The van der Waals surface area contributed by atoms with Gasteiger partial charge in [-0.15, -0.1) is 0 Å². The molecule has 3 N–H and O–H groups in total. The number of carbonyl (C=O) groups is 1.